The zero-order valence-electron chi connectivity index (χ0n) is 20.6. The molecule has 2 aliphatic heterocycles. The van der Waals surface area contributed by atoms with Crippen LogP contribution in [0, 0.1) is 12.7 Å². The van der Waals surface area contributed by atoms with Gasteiger partial charge in [0, 0.05) is 46.2 Å². The van der Waals surface area contributed by atoms with Crippen LogP contribution in [-0.4, -0.2) is 89.5 Å². The van der Waals surface area contributed by atoms with Crippen LogP contribution in [0.15, 0.2) is 48.5 Å². The zero-order chi connectivity index (χ0) is 25.1. The number of hydrogen-bond acceptors (Lipinski definition) is 6. The SMILES string of the molecule is CC(=O)N1CCN(CC2(O)CCN(c3ccccc3F)CC2)C[C@](O)(COc2ccc(C)cc2)C1. The smallest absolute Gasteiger partial charge is 0.219 e. The van der Waals surface area contributed by atoms with Crippen molar-refractivity contribution in [1.29, 1.82) is 0 Å². The van der Waals surface area contributed by atoms with Gasteiger partial charge < -0.3 is 24.7 Å². The third-order valence-electron chi connectivity index (χ3n) is 7.07. The van der Waals surface area contributed by atoms with Gasteiger partial charge in [-0.25, -0.2) is 4.39 Å². The molecule has 0 bridgehead atoms. The van der Waals surface area contributed by atoms with Gasteiger partial charge in [-0.15, -0.1) is 0 Å². The van der Waals surface area contributed by atoms with Crippen LogP contribution in [-0.2, 0) is 4.79 Å². The van der Waals surface area contributed by atoms with Crippen LogP contribution in [0.3, 0.4) is 0 Å². The maximum Gasteiger partial charge on any atom is 0.219 e. The number of hydrogen-bond donors (Lipinski definition) is 2. The van der Waals surface area contributed by atoms with Gasteiger partial charge in [-0.1, -0.05) is 29.8 Å². The summed E-state index contributed by atoms with van der Waals surface area (Å²) in [6.07, 6.45) is 0.985. The van der Waals surface area contributed by atoms with E-state index < -0.39 is 11.2 Å². The molecule has 2 aliphatic rings. The first-order chi connectivity index (χ1) is 16.6. The Morgan fingerprint density at radius 2 is 1.66 bits per heavy atom. The highest BCUT2D eigenvalue weighted by atomic mass is 19.1. The highest BCUT2D eigenvalue weighted by Gasteiger charge is 2.41. The number of amides is 1. The van der Waals surface area contributed by atoms with E-state index >= 15 is 0 Å². The molecule has 7 nitrogen and oxygen atoms in total. The fourth-order valence-corrected chi connectivity index (χ4v) is 5.04. The fraction of sp³-hybridized carbons (Fsp3) is 0.519. The van der Waals surface area contributed by atoms with Crippen molar-refractivity contribution in [3.63, 3.8) is 0 Å². The molecular formula is C27H36FN3O4. The molecule has 0 spiro atoms. The monoisotopic (exact) mass is 485 g/mol. The van der Waals surface area contributed by atoms with E-state index in [1.54, 1.807) is 17.0 Å². The van der Waals surface area contributed by atoms with Crippen LogP contribution in [0.5, 0.6) is 5.75 Å². The van der Waals surface area contributed by atoms with Crippen LogP contribution in [0.2, 0.25) is 0 Å². The number of aryl methyl sites for hydroxylation is 1. The van der Waals surface area contributed by atoms with E-state index in [1.165, 1.54) is 13.0 Å². The van der Waals surface area contributed by atoms with E-state index in [1.807, 2.05) is 47.1 Å². The van der Waals surface area contributed by atoms with Crippen molar-refractivity contribution in [3.05, 3.63) is 59.9 Å². The number of rotatable bonds is 6. The number of para-hydroxylation sites is 1. The summed E-state index contributed by atoms with van der Waals surface area (Å²) < 4.78 is 20.1. The Bertz CT molecular complexity index is 1010. The molecule has 2 fully saturated rings. The summed E-state index contributed by atoms with van der Waals surface area (Å²) in [5, 5.41) is 22.9. The van der Waals surface area contributed by atoms with Gasteiger partial charge in [-0.3, -0.25) is 9.69 Å². The van der Waals surface area contributed by atoms with Crippen LogP contribution in [0.1, 0.15) is 25.3 Å². The summed E-state index contributed by atoms with van der Waals surface area (Å²) in [5.41, 5.74) is -0.554. The van der Waals surface area contributed by atoms with Gasteiger partial charge in [0.15, 0.2) is 0 Å². The normalized spacial score (nSPS) is 23.1. The number of carbonyl (C=O) groups is 1. The molecule has 190 valence electrons. The highest BCUT2D eigenvalue weighted by molar-refractivity contribution is 5.73. The summed E-state index contributed by atoms with van der Waals surface area (Å²) in [4.78, 5) is 17.8. The second-order valence-electron chi connectivity index (χ2n) is 10.1. The van der Waals surface area contributed by atoms with Crippen molar-refractivity contribution < 1.29 is 24.1 Å². The number of anilines is 1. The minimum absolute atomic E-state index is 0.0375. The molecule has 1 atom stereocenters. The maximum absolute atomic E-state index is 14.2. The number of aliphatic hydroxyl groups is 2. The number of carbonyl (C=O) groups excluding carboxylic acids is 1. The van der Waals surface area contributed by atoms with Crippen LogP contribution < -0.4 is 9.64 Å². The Hall–Kier alpha value is -2.68. The van der Waals surface area contributed by atoms with Crippen molar-refractivity contribution in [3.8, 4) is 5.75 Å². The van der Waals surface area contributed by atoms with E-state index in [9.17, 15) is 19.4 Å². The summed E-state index contributed by atoms with van der Waals surface area (Å²) >= 11 is 0. The molecule has 0 saturated carbocycles. The van der Waals surface area contributed by atoms with Crippen molar-refractivity contribution in [1.82, 2.24) is 9.80 Å². The second-order valence-corrected chi connectivity index (χ2v) is 10.1. The number of nitrogens with zero attached hydrogens (tertiary/aromatic N) is 3. The van der Waals surface area contributed by atoms with Gasteiger partial charge in [0.1, 0.15) is 23.8 Å². The molecule has 2 saturated heterocycles. The molecule has 4 rings (SSSR count). The average Bonchev–Trinajstić information content (AvgIpc) is 2.98. The minimum atomic E-state index is -1.28. The number of ether oxygens (including phenoxy) is 1. The Balaban J connectivity index is 1.41. The van der Waals surface area contributed by atoms with Gasteiger partial charge >= 0.3 is 0 Å². The topological polar surface area (TPSA) is 76.5 Å². The van der Waals surface area contributed by atoms with Gasteiger partial charge in [0.05, 0.1) is 17.8 Å². The molecule has 2 N–H and O–H groups in total. The van der Waals surface area contributed by atoms with Crippen LogP contribution in [0.25, 0.3) is 0 Å². The molecule has 35 heavy (non-hydrogen) atoms. The Morgan fingerprint density at radius 3 is 2.31 bits per heavy atom. The third kappa shape index (κ3) is 6.51. The van der Waals surface area contributed by atoms with Gasteiger partial charge in [-0.05, 0) is 44.0 Å². The van der Waals surface area contributed by atoms with Crippen molar-refractivity contribution in [2.75, 3.05) is 57.3 Å². The molecule has 0 radical (unpaired) electrons. The lowest BCUT2D eigenvalue weighted by Gasteiger charge is -2.42. The maximum atomic E-state index is 14.2. The predicted octanol–water partition coefficient (Wildman–Crippen LogP) is 2.44. The molecule has 0 aromatic heterocycles. The standard InChI is InChI=1S/C27H36FN3O4/c1-21-7-9-23(10-8-21)35-20-27(34)18-29(15-16-31(19-27)22(2)32)17-26(33)11-13-30(14-12-26)25-6-4-3-5-24(25)28/h3-10,33-34H,11-20H2,1-2H3/t27-/m1/s1. The van der Waals surface area contributed by atoms with Crippen molar-refractivity contribution >= 4 is 11.6 Å². The van der Waals surface area contributed by atoms with E-state index in [4.69, 9.17) is 4.74 Å². The summed E-state index contributed by atoms with van der Waals surface area (Å²) in [6, 6.07) is 14.3. The minimum Gasteiger partial charge on any atom is -0.490 e. The first kappa shape index (κ1) is 25.4. The van der Waals surface area contributed by atoms with Gasteiger partial charge in [0.2, 0.25) is 5.91 Å². The zero-order valence-corrected chi connectivity index (χ0v) is 20.6. The molecule has 2 aromatic carbocycles. The van der Waals surface area contributed by atoms with Crippen LogP contribution >= 0.6 is 0 Å². The first-order valence-electron chi connectivity index (χ1n) is 12.3. The summed E-state index contributed by atoms with van der Waals surface area (Å²) in [5.74, 6) is 0.305. The molecule has 0 aliphatic carbocycles. The fourth-order valence-electron chi connectivity index (χ4n) is 5.04. The number of halogens is 1. The lowest BCUT2D eigenvalue weighted by molar-refractivity contribution is -0.132. The molecule has 2 heterocycles. The van der Waals surface area contributed by atoms with E-state index in [0.29, 0.717) is 57.0 Å². The van der Waals surface area contributed by atoms with Gasteiger partial charge in [-0.2, -0.15) is 0 Å². The number of benzene rings is 2. The molecule has 8 heteroatoms. The molecule has 1 amide bonds. The Labute approximate surface area is 206 Å². The first-order valence-corrected chi connectivity index (χ1v) is 12.3. The van der Waals surface area contributed by atoms with E-state index in [2.05, 4.69) is 0 Å². The Kier molecular flexibility index (Phi) is 7.64. The Morgan fingerprint density at radius 1 is 0.971 bits per heavy atom. The lowest BCUT2D eigenvalue weighted by Crippen LogP contribution is -2.56. The highest BCUT2D eigenvalue weighted by Crippen LogP contribution is 2.29. The predicted molar refractivity (Wildman–Crippen MR) is 133 cm³/mol. The van der Waals surface area contributed by atoms with Crippen LogP contribution in [0.4, 0.5) is 10.1 Å². The van der Waals surface area contributed by atoms with E-state index in [-0.39, 0.29) is 31.4 Å². The average molecular weight is 486 g/mol. The number of β-amino-alcohol motifs (C(OH)–C–C–N with tert-alkyl or cyclic N) is 2. The van der Waals surface area contributed by atoms with Gasteiger partial charge in [0.25, 0.3) is 0 Å². The van der Waals surface area contributed by atoms with Crippen molar-refractivity contribution in [2.45, 2.75) is 37.9 Å². The van der Waals surface area contributed by atoms with Crippen molar-refractivity contribution in [2.24, 2.45) is 0 Å². The summed E-state index contributed by atoms with van der Waals surface area (Å²) in [7, 11) is 0. The quantitative estimate of drug-likeness (QED) is 0.655. The third-order valence-corrected chi connectivity index (χ3v) is 7.07. The lowest BCUT2D eigenvalue weighted by atomic mass is 9.90. The molecule has 0 unspecified atom stereocenters. The van der Waals surface area contributed by atoms with E-state index in [0.717, 1.165) is 5.56 Å². The summed E-state index contributed by atoms with van der Waals surface area (Å²) in [6.45, 7) is 6.47. The number of piperidine rings is 1. The molecule has 2 aromatic rings. The molecular weight excluding hydrogens is 449 g/mol. The largest absolute Gasteiger partial charge is 0.490 e. The second kappa shape index (κ2) is 10.5.